The minimum atomic E-state index is -1.20. The van der Waals surface area contributed by atoms with E-state index in [4.69, 9.17) is 0 Å². The van der Waals surface area contributed by atoms with Crippen molar-refractivity contribution in [1.82, 2.24) is 20.6 Å². The molecule has 0 bridgehead atoms. The summed E-state index contributed by atoms with van der Waals surface area (Å²) in [6.45, 7) is 0. The maximum atomic E-state index is 11.1. The third-order valence-corrected chi connectivity index (χ3v) is 2.53. The third kappa shape index (κ3) is 1.17. The molecule has 1 aliphatic rings. The Balaban J connectivity index is 2.21. The van der Waals surface area contributed by atoms with Crippen LogP contribution in [-0.2, 0) is 14.9 Å². The number of nitrogens with zero attached hydrogens (tertiary/aromatic N) is 3. The molecule has 0 radical (unpaired) electrons. The molecule has 1 aromatic heterocycles. The van der Waals surface area contributed by atoms with Crippen molar-refractivity contribution in [3.8, 4) is 0 Å². The second-order valence-corrected chi connectivity index (χ2v) is 3.32. The highest BCUT2D eigenvalue weighted by molar-refractivity contribution is 5.77. The van der Waals surface area contributed by atoms with E-state index in [-0.39, 0.29) is 0 Å². The number of aromatic amines is 1. The highest BCUT2D eigenvalue weighted by Crippen LogP contribution is 2.49. The number of hydrogen-bond donors (Lipinski definition) is 2. The lowest BCUT2D eigenvalue weighted by atomic mass is 9.98. The molecular weight excluding hydrogens is 188 g/mol. The molecular formula is C7H10N4O3. The topological polar surface area (TPSA) is 101 Å². The molecule has 1 unspecified atom stereocenters. The SMILES string of the molecule is COC(=O)C(O)C1(c2nn[nH]n2)CC1. The Morgan fingerprint density at radius 3 is 2.86 bits per heavy atom. The van der Waals surface area contributed by atoms with Crippen LogP contribution in [-0.4, -0.2) is 44.9 Å². The first-order valence-electron chi connectivity index (χ1n) is 4.20. The van der Waals surface area contributed by atoms with Gasteiger partial charge in [-0.2, -0.15) is 5.21 Å². The van der Waals surface area contributed by atoms with E-state index in [1.807, 2.05) is 0 Å². The van der Waals surface area contributed by atoms with Gasteiger partial charge in [0.15, 0.2) is 11.9 Å². The van der Waals surface area contributed by atoms with E-state index in [9.17, 15) is 9.90 Å². The maximum absolute atomic E-state index is 11.1. The fourth-order valence-corrected chi connectivity index (χ4v) is 1.46. The molecule has 7 heteroatoms. The summed E-state index contributed by atoms with van der Waals surface area (Å²) in [6.07, 6.45) is 0.135. The molecule has 1 saturated carbocycles. The summed E-state index contributed by atoms with van der Waals surface area (Å²) in [5.41, 5.74) is -0.680. The van der Waals surface area contributed by atoms with E-state index < -0.39 is 17.5 Å². The first-order chi connectivity index (χ1) is 6.70. The molecule has 0 aliphatic heterocycles. The van der Waals surface area contributed by atoms with Crippen LogP contribution < -0.4 is 0 Å². The van der Waals surface area contributed by atoms with Gasteiger partial charge in [0, 0.05) is 0 Å². The van der Waals surface area contributed by atoms with E-state index in [1.54, 1.807) is 0 Å². The van der Waals surface area contributed by atoms with Gasteiger partial charge in [0.2, 0.25) is 0 Å². The van der Waals surface area contributed by atoms with Crippen molar-refractivity contribution in [2.45, 2.75) is 24.4 Å². The predicted molar refractivity (Wildman–Crippen MR) is 43.1 cm³/mol. The minimum absolute atomic E-state index is 0.371. The van der Waals surface area contributed by atoms with Crippen molar-refractivity contribution in [2.24, 2.45) is 0 Å². The van der Waals surface area contributed by atoms with Crippen molar-refractivity contribution < 1.29 is 14.6 Å². The van der Waals surface area contributed by atoms with Gasteiger partial charge in [-0.1, -0.05) is 5.21 Å². The zero-order valence-electron chi connectivity index (χ0n) is 7.60. The Kier molecular flexibility index (Phi) is 1.95. The van der Waals surface area contributed by atoms with Gasteiger partial charge in [-0.3, -0.25) is 0 Å². The highest BCUT2D eigenvalue weighted by atomic mass is 16.5. The van der Waals surface area contributed by atoms with Gasteiger partial charge in [0.05, 0.1) is 12.5 Å². The lowest BCUT2D eigenvalue weighted by Gasteiger charge is -2.15. The van der Waals surface area contributed by atoms with Crippen molar-refractivity contribution in [1.29, 1.82) is 0 Å². The van der Waals surface area contributed by atoms with Crippen molar-refractivity contribution in [3.63, 3.8) is 0 Å². The van der Waals surface area contributed by atoms with Crippen LogP contribution in [0.1, 0.15) is 18.7 Å². The second-order valence-electron chi connectivity index (χ2n) is 3.32. The van der Waals surface area contributed by atoms with Crippen molar-refractivity contribution >= 4 is 5.97 Å². The zero-order chi connectivity index (χ0) is 10.2. The average molecular weight is 198 g/mol. The van der Waals surface area contributed by atoms with Gasteiger partial charge in [-0.25, -0.2) is 4.79 Å². The van der Waals surface area contributed by atoms with Gasteiger partial charge < -0.3 is 9.84 Å². The number of aliphatic hydroxyl groups excluding tert-OH is 1. The standard InChI is InChI=1S/C7H10N4O3/c1-14-5(13)4(12)7(2-3-7)6-8-10-11-9-6/h4,12H,2-3H2,1H3,(H,8,9,10,11). The number of carbonyl (C=O) groups excluding carboxylic acids is 1. The van der Waals surface area contributed by atoms with Crippen LogP contribution in [0.2, 0.25) is 0 Å². The third-order valence-electron chi connectivity index (χ3n) is 2.53. The molecule has 76 valence electrons. The number of nitrogens with one attached hydrogen (secondary N) is 1. The fraction of sp³-hybridized carbons (Fsp3) is 0.714. The van der Waals surface area contributed by atoms with E-state index in [0.29, 0.717) is 18.7 Å². The van der Waals surface area contributed by atoms with E-state index in [2.05, 4.69) is 25.4 Å². The van der Waals surface area contributed by atoms with Crippen LogP contribution in [0.4, 0.5) is 0 Å². The Morgan fingerprint density at radius 1 is 1.71 bits per heavy atom. The smallest absolute Gasteiger partial charge is 0.335 e. The number of ether oxygens (including phenoxy) is 1. The summed E-state index contributed by atoms with van der Waals surface area (Å²) >= 11 is 0. The van der Waals surface area contributed by atoms with E-state index in [0.717, 1.165) is 0 Å². The Bertz CT molecular complexity index is 333. The summed E-state index contributed by atoms with van der Waals surface area (Å²) in [5, 5.41) is 22.9. The lowest BCUT2D eigenvalue weighted by molar-refractivity contribution is -0.152. The Hall–Kier alpha value is -1.50. The average Bonchev–Trinajstić information content (AvgIpc) is 2.84. The number of hydrogen-bond acceptors (Lipinski definition) is 6. The predicted octanol–water partition coefficient (Wildman–Crippen LogP) is -1.23. The molecule has 1 atom stereocenters. The van der Waals surface area contributed by atoms with Gasteiger partial charge in [0.1, 0.15) is 0 Å². The first kappa shape index (κ1) is 9.07. The van der Waals surface area contributed by atoms with Crippen molar-refractivity contribution in [2.75, 3.05) is 7.11 Å². The molecule has 1 heterocycles. The van der Waals surface area contributed by atoms with Gasteiger partial charge in [-0.15, -0.1) is 10.2 Å². The summed E-state index contributed by atoms with van der Waals surface area (Å²) < 4.78 is 4.46. The van der Waals surface area contributed by atoms with Crippen molar-refractivity contribution in [3.05, 3.63) is 5.82 Å². The molecule has 0 saturated heterocycles. The van der Waals surface area contributed by atoms with E-state index in [1.165, 1.54) is 7.11 Å². The number of H-pyrrole nitrogens is 1. The molecule has 0 aromatic carbocycles. The number of methoxy groups -OCH3 is 1. The number of tetrazole rings is 1. The molecule has 0 spiro atoms. The highest BCUT2D eigenvalue weighted by Gasteiger charge is 2.57. The molecule has 1 aliphatic carbocycles. The quantitative estimate of drug-likeness (QED) is 0.589. The molecule has 0 amide bonds. The number of rotatable bonds is 3. The van der Waals surface area contributed by atoms with Crippen LogP contribution in [0.15, 0.2) is 0 Å². The summed E-state index contributed by atoms with van der Waals surface area (Å²) in [4.78, 5) is 11.1. The molecule has 2 N–H and O–H groups in total. The fourth-order valence-electron chi connectivity index (χ4n) is 1.46. The van der Waals surface area contributed by atoms with E-state index >= 15 is 0 Å². The molecule has 7 nitrogen and oxygen atoms in total. The monoisotopic (exact) mass is 198 g/mol. The second kappa shape index (κ2) is 3.02. The van der Waals surface area contributed by atoms with Gasteiger partial charge >= 0.3 is 5.97 Å². The number of aromatic nitrogens is 4. The molecule has 2 rings (SSSR count). The number of carbonyl (C=O) groups is 1. The van der Waals surface area contributed by atoms with Crippen LogP contribution in [0.5, 0.6) is 0 Å². The van der Waals surface area contributed by atoms with Gasteiger partial charge in [-0.05, 0) is 12.8 Å². The lowest BCUT2D eigenvalue weighted by Crippen LogP contribution is -2.35. The normalized spacial score (nSPS) is 20.1. The van der Waals surface area contributed by atoms with Gasteiger partial charge in [0.25, 0.3) is 0 Å². The number of esters is 1. The van der Waals surface area contributed by atoms with Crippen LogP contribution in [0.25, 0.3) is 0 Å². The van der Waals surface area contributed by atoms with Crippen LogP contribution in [0, 0.1) is 0 Å². The first-order valence-corrected chi connectivity index (χ1v) is 4.20. The Labute approximate surface area is 79.5 Å². The molecule has 14 heavy (non-hydrogen) atoms. The molecule has 1 fully saturated rings. The van der Waals surface area contributed by atoms with Crippen LogP contribution in [0.3, 0.4) is 0 Å². The zero-order valence-corrected chi connectivity index (χ0v) is 7.60. The largest absolute Gasteiger partial charge is 0.467 e. The number of aliphatic hydroxyl groups is 1. The summed E-state index contributed by atoms with van der Waals surface area (Å²) in [7, 11) is 1.23. The maximum Gasteiger partial charge on any atom is 0.335 e. The van der Waals surface area contributed by atoms with Crippen LogP contribution >= 0.6 is 0 Å². The molecule has 1 aromatic rings. The minimum Gasteiger partial charge on any atom is -0.467 e. The summed E-state index contributed by atoms with van der Waals surface area (Å²) in [6, 6.07) is 0. The summed E-state index contributed by atoms with van der Waals surface area (Å²) in [5.74, 6) is -0.289. The Morgan fingerprint density at radius 2 is 2.43 bits per heavy atom.